The van der Waals surface area contributed by atoms with E-state index >= 15 is 0 Å². The molecule has 0 spiro atoms. The first-order valence-electron chi connectivity index (χ1n) is 5.63. The molecular weight excluding hydrogens is 228 g/mol. The van der Waals surface area contributed by atoms with Crippen molar-refractivity contribution in [1.29, 1.82) is 0 Å². The summed E-state index contributed by atoms with van der Waals surface area (Å²) >= 11 is 0. The average Bonchev–Trinajstić information content (AvgIpc) is 2.67. The molecule has 0 fully saturated rings. The summed E-state index contributed by atoms with van der Waals surface area (Å²) in [6, 6.07) is 5.50. The van der Waals surface area contributed by atoms with Gasteiger partial charge in [0.2, 0.25) is 0 Å². The van der Waals surface area contributed by atoms with Crippen molar-refractivity contribution in [2.75, 3.05) is 0 Å². The van der Waals surface area contributed by atoms with E-state index in [0.717, 1.165) is 32.8 Å². The lowest BCUT2D eigenvalue weighted by Crippen LogP contribution is -2.23. The van der Waals surface area contributed by atoms with Gasteiger partial charge in [0.25, 0.3) is 0 Å². The zero-order valence-corrected chi connectivity index (χ0v) is 10.2. The Hall–Kier alpha value is -2.43. The molecule has 0 amide bonds. The molecule has 3 aromatic heterocycles. The normalized spacial score (nSPS) is 11.0. The summed E-state index contributed by atoms with van der Waals surface area (Å²) in [5, 5.41) is 11.0. The molecule has 0 unspecified atom stereocenters. The Balaban J connectivity index is 2.23. The van der Waals surface area contributed by atoms with Crippen LogP contribution in [0.4, 0.5) is 0 Å². The van der Waals surface area contributed by atoms with Gasteiger partial charge in [-0.1, -0.05) is 0 Å². The first-order valence-corrected chi connectivity index (χ1v) is 5.63. The van der Waals surface area contributed by atoms with Crippen molar-refractivity contribution in [3.63, 3.8) is 0 Å². The average molecular weight is 240 g/mol. The maximum Gasteiger partial charge on any atom is 0.181 e. The molecule has 0 aliphatic rings. The molecule has 0 aromatic carbocycles. The predicted molar refractivity (Wildman–Crippen MR) is 67.6 cm³/mol. The molecule has 90 valence electrons. The van der Waals surface area contributed by atoms with E-state index in [1.54, 1.807) is 12.1 Å². The van der Waals surface area contributed by atoms with Crippen LogP contribution in [0, 0.1) is 12.1 Å². The van der Waals surface area contributed by atoms with E-state index < -0.39 is 0 Å². The summed E-state index contributed by atoms with van der Waals surface area (Å²) in [6.45, 7) is 1.99. The second-order valence-corrected chi connectivity index (χ2v) is 4.30. The van der Waals surface area contributed by atoms with Crippen molar-refractivity contribution in [3.8, 4) is 11.4 Å². The molecule has 18 heavy (non-hydrogen) atoms. The van der Waals surface area contributed by atoms with Crippen LogP contribution >= 0.6 is 0 Å². The van der Waals surface area contributed by atoms with Gasteiger partial charge >= 0.3 is 0 Å². The highest BCUT2D eigenvalue weighted by Crippen LogP contribution is 2.21. The monoisotopic (exact) mass is 240 g/mol. The number of aromatic nitrogens is 4. The molecule has 0 N–H and O–H groups in total. The zero-order valence-electron chi connectivity index (χ0n) is 10.2. The van der Waals surface area contributed by atoms with Crippen LogP contribution in [-0.2, 0) is 7.05 Å². The molecule has 0 saturated carbocycles. The smallest absolute Gasteiger partial charge is 0.181 e. The van der Waals surface area contributed by atoms with Crippen molar-refractivity contribution in [1.82, 2.24) is 14.5 Å². The van der Waals surface area contributed by atoms with Gasteiger partial charge in [-0.2, -0.15) is 4.73 Å². The molecule has 0 aliphatic heterocycles. The lowest BCUT2D eigenvalue weighted by molar-refractivity contribution is -0.605. The Kier molecular flexibility index (Phi) is 2.26. The lowest BCUT2D eigenvalue weighted by Gasteiger charge is -2.01. The van der Waals surface area contributed by atoms with Gasteiger partial charge in [0.1, 0.15) is 11.3 Å². The highest BCUT2D eigenvalue weighted by molar-refractivity contribution is 5.77. The fourth-order valence-corrected chi connectivity index (χ4v) is 2.00. The number of nitrogens with zero attached hydrogens (tertiary/aromatic N) is 4. The molecule has 0 bridgehead atoms. The van der Waals surface area contributed by atoms with Gasteiger partial charge in [0.15, 0.2) is 18.0 Å². The van der Waals surface area contributed by atoms with Crippen molar-refractivity contribution in [2.45, 2.75) is 6.92 Å². The third kappa shape index (κ3) is 1.60. The van der Waals surface area contributed by atoms with Crippen LogP contribution in [0.1, 0.15) is 5.56 Å². The molecular formula is C13H12N4O. The molecule has 5 nitrogen and oxygen atoms in total. The van der Waals surface area contributed by atoms with Crippen LogP contribution in [0.25, 0.3) is 22.6 Å². The van der Waals surface area contributed by atoms with Crippen LogP contribution in [0.15, 0.2) is 36.8 Å². The SMILES string of the molecule is Cc1cnc2c(c1)nc(-c1cc[n+]([O-])cc1)n2C. The minimum Gasteiger partial charge on any atom is -0.619 e. The van der Waals surface area contributed by atoms with Crippen LogP contribution in [0.5, 0.6) is 0 Å². The number of aryl methyl sites for hydroxylation is 2. The van der Waals surface area contributed by atoms with Gasteiger partial charge in [-0.05, 0) is 18.6 Å². The summed E-state index contributed by atoms with van der Waals surface area (Å²) in [5.74, 6) is 0.809. The number of hydrogen-bond acceptors (Lipinski definition) is 3. The zero-order chi connectivity index (χ0) is 12.7. The summed E-state index contributed by atoms with van der Waals surface area (Å²) in [6.07, 6.45) is 4.76. The quantitative estimate of drug-likeness (QED) is 0.479. The third-order valence-corrected chi connectivity index (χ3v) is 2.91. The predicted octanol–water partition coefficient (Wildman–Crippen LogP) is 1.58. The summed E-state index contributed by atoms with van der Waals surface area (Å²) in [5.41, 5.74) is 3.69. The van der Waals surface area contributed by atoms with Crippen LogP contribution in [0.3, 0.4) is 0 Å². The second kappa shape index (κ2) is 3.80. The van der Waals surface area contributed by atoms with Crippen molar-refractivity contribution in [2.24, 2.45) is 7.05 Å². The van der Waals surface area contributed by atoms with E-state index in [-0.39, 0.29) is 0 Å². The fraction of sp³-hybridized carbons (Fsp3) is 0.154. The van der Waals surface area contributed by atoms with Gasteiger partial charge in [0.05, 0.1) is 0 Å². The van der Waals surface area contributed by atoms with Gasteiger partial charge in [-0.3, -0.25) is 0 Å². The molecule has 5 heteroatoms. The molecule has 0 atom stereocenters. The van der Waals surface area contributed by atoms with E-state index in [0.29, 0.717) is 0 Å². The maximum absolute atomic E-state index is 11.0. The van der Waals surface area contributed by atoms with Crippen molar-refractivity contribution in [3.05, 3.63) is 47.6 Å². The Morgan fingerprint density at radius 2 is 2.00 bits per heavy atom. The first kappa shape index (κ1) is 10.7. The molecule has 3 aromatic rings. The number of rotatable bonds is 1. The van der Waals surface area contributed by atoms with Gasteiger partial charge in [0, 0.05) is 30.9 Å². The Morgan fingerprint density at radius 3 is 2.72 bits per heavy atom. The Morgan fingerprint density at radius 1 is 1.28 bits per heavy atom. The largest absolute Gasteiger partial charge is 0.619 e. The molecule has 0 radical (unpaired) electrons. The Bertz CT molecular complexity index is 716. The topological polar surface area (TPSA) is 57.6 Å². The van der Waals surface area contributed by atoms with Crippen molar-refractivity contribution >= 4 is 11.2 Å². The van der Waals surface area contributed by atoms with Gasteiger partial charge < -0.3 is 9.77 Å². The standard InChI is InChI=1S/C13H12N4O/c1-9-7-11-13(14-8-9)16(2)12(15-11)10-3-5-17(18)6-4-10/h3-8H,1-2H3. The molecule has 0 saturated heterocycles. The number of hydrogen-bond donors (Lipinski definition) is 0. The number of imidazole rings is 1. The summed E-state index contributed by atoms with van der Waals surface area (Å²) in [4.78, 5) is 8.94. The van der Waals surface area contributed by atoms with Crippen molar-refractivity contribution < 1.29 is 4.73 Å². The van der Waals surface area contributed by atoms with Gasteiger partial charge in [-0.25, -0.2) is 9.97 Å². The summed E-state index contributed by atoms with van der Waals surface area (Å²) in [7, 11) is 1.92. The van der Waals surface area contributed by atoms with Crippen LogP contribution in [0.2, 0.25) is 0 Å². The molecule has 0 aliphatic carbocycles. The third-order valence-electron chi connectivity index (χ3n) is 2.91. The number of fused-ring (bicyclic) bond motifs is 1. The number of pyridine rings is 2. The summed E-state index contributed by atoms with van der Waals surface area (Å²) < 4.78 is 2.69. The van der Waals surface area contributed by atoms with E-state index in [1.807, 2.05) is 30.8 Å². The second-order valence-electron chi connectivity index (χ2n) is 4.30. The van der Waals surface area contributed by atoms with E-state index in [9.17, 15) is 5.21 Å². The first-order chi connectivity index (χ1) is 8.65. The molecule has 3 rings (SSSR count). The van der Waals surface area contributed by atoms with E-state index in [4.69, 9.17) is 0 Å². The van der Waals surface area contributed by atoms with Crippen LogP contribution < -0.4 is 4.73 Å². The maximum atomic E-state index is 11.0. The highest BCUT2D eigenvalue weighted by Gasteiger charge is 2.11. The molecule has 3 heterocycles. The fourth-order valence-electron chi connectivity index (χ4n) is 2.00. The highest BCUT2D eigenvalue weighted by atomic mass is 16.5. The minimum absolute atomic E-state index is 0.758. The van der Waals surface area contributed by atoms with E-state index in [1.165, 1.54) is 12.4 Å². The minimum atomic E-state index is 0.758. The van der Waals surface area contributed by atoms with E-state index in [2.05, 4.69) is 9.97 Å². The van der Waals surface area contributed by atoms with Crippen LogP contribution in [-0.4, -0.2) is 14.5 Å². The Labute approximate surface area is 104 Å². The van der Waals surface area contributed by atoms with Gasteiger partial charge in [-0.15, -0.1) is 0 Å². The lowest BCUT2D eigenvalue weighted by atomic mass is 10.2.